The Bertz CT molecular complexity index is 516. The van der Waals surface area contributed by atoms with Crippen LogP contribution in [0.4, 0.5) is 0 Å². The predicted molar refractivity (Wildman–Crippen MR) is 97.7 cm³/mol. The molecule has 0 saturated heterocycles. The average Bonchev–Trinajstić information content (AvgIpc) is 2.36. The fraction of sp³-hybridized carbons (Fsp3) is 0.632. The normalized spacial score (nSPS) is 12.4. The van der Waals surface area contributed by atoms with Crippen LogP contribution in [-0.2, 0) is 15.6 Å². The van der Waals surface area contributed by atoms with E-state index in [-0.39, 0.29) is 17.3 Å². The van der Waals surface area contributed by atoms with Gasteiger partial charge in [-0.15, -0.1) is 11.8 Å². The quantitative estimate of drug-likeness (QED) is 0.543. The maximum Gasteiger partial charge on any atom is 0.303 e. The van der Waals surface area contributed by atoms with Crippen molar-refractivity contribution >= 4 is 17.7 Å². The fourth-order valence-corrected chi connectivity index (χ4v) is 3.39. The molecule has 0 heterocycles. The van der Waals surface area contributed by atoms with E-state index in [4.69, 9.17) is 5.11 Å². The lowest BCUT2D eigenvalue weighted by atomic mass is 9.79. The highest BCUT2D eigenvalue weighted by Gasteiger charge is 2.26. The summed E-state index contributed by atoms with van der Waals surface area (Å²) in [5.41, 5.74) is 1.70. The third kappa shape index (κ3) is 6.09. The molecule has 2 N–H and O–H groups in total. The number of thioether (sulfide) groups is 1. The highest BCUT2D eigenvalue weighted by Crippen LogP contribution is 2.41. The molecule has 0 unspecified atom stereocenters. The van der Waals surface area contributed by atoms with Gasteiger partial charge in [0.2, 0.25) is 0 Å². The van der Waals surface area contributed by atoms with Crippen LogP contribution in [0.5, 0.6) is 5.75 Å². The lowest BCUT2D eigenvalue weighted by molar-refractivity contribution is -0.137. The first-order valence-electron chi connectivity index (χ1n) is 8.15. The Morgan fingerprint density at radius 3 is 1.87 bits per heavy atom. The van der Waals surface area contributed by atoms with Crippen molar-refractivity contribution in [2.24, 2.45) is 0 Å². The molecule has 130 valence electrons. The molecule has 0 aliphatic carbocycles. The summed E-state index contributed by atoms with van der Waals surface area (Å²) >= 11 is 1.74. The van der Waals surface area contributed by atoms with Gasteiger partial charge in [0.15, 0.2) is 0 Å². The standard InChI is InChI=1S/C19H30O3S/c1-18(2,3)14-11-13(23-10-8-7-9-16(20)21)12-15(17(14)22)19(4,5)6/h11-12,22H,7-10H2,1-6H3,(H,20,21). The van der Waals surface area contributed by atoms with Gasteiger partial charge in [-0.2, -0.15) is 0 Å². The SMILES string of the molecule is CC(C)(C)c1cc(SCCCCC(=O)O)cc(C(C)(C)C)c1O. The number of phenolic OH excluding ortho intramolecular Hbond substituents is 1. The molecule has 1 aromatic carbocycles. The molecule has 0 aliphatic rings. The van der Waals surface area contributed by atoms with Gasteiger partial charge in [-0.1, -0.05) is 41.5 Å². The van der Waals surface area contributed by atoms with Crippen molar-refractivity contribution < 1.29 is 15.0 Å². The number of unbranched alkanes of at least 4 members (excludes halogenated alkanes) is 1. The van der Waals surface area contributed by atoms with Crippen molar-refractivity contribution in [2.45, 2.75) is 76.5 Å². The van der Waals surface area contributed by atoms with Crippen LogP contribution >= 0.6 is 11.8 Å². The van der Waals surface area contributed by atoms with Gasteiger partial charge >= 0.3 is 5.97 Å². The molecule has 1 rings (SSSR count). The van der Waals surface area contributed by atoms with Gasteiger partial charge < -0.3 is 10.2 Å². The number of hydrogen-bond acceptors (Lipinski definition) is 3. The van der Waals surface area contributed by atoms with E-state index in [1.54, 1.807) is 11.8 Å². The Hall–Kier alpha value is -1.16. The summed E-state index contributed by atoms with van der Waals surface area (Å²) < 4.78 is 0. The number of benzene rings is 1. The molecule has 0 radical (unpaired) electrons. The van der Waals surface area contributed by atoms with Gasteiger partial charge in [0.1, 0.15) is 5.75 Å². The minimum atomic E-state index is -0.732. The maximum atomic E-state index is 10.7. The Labute approximate surface area is 144 Å². The highest BCUT2D eigenvalue weighted by molar-refractivity contribution is 7.99. The first kappa shape index (κ1) is 19.9. The summed E-state index contributed by atoms with van der Waals surface area (Å²) in [5, 5.41) is 19.4. The van der Waals surface area contributed by atoms with Gasteiger partial charge in [0.25, 0.3) is 0 Å². The van der Waals surface area contributed by atoms with Crippen LogP contribution in [0.3, 0.4) is 0 Å². The van der Waals surface area contributed by atoms with E-state index < -0.39 is 5.97 Å². The number of carbonyl (C=O) groups is 1. The first-order valence-corrected chi connectivity index (χ1v) is 9.14. The summed E-state index contributed by atoms with van der Waals surface area (Å²) in [6.45, 7) is 12.6. The monoisotopic (exact) mass is 338 g/mol. The summed E-state index contributed by atoms with van der Waals surface area (Å²) in [6.07, 6.45) is 1.82. The molecule has 3 nitrogen and oxygen atoms in total. The van der Waals surface area contributed by atoms with Gasteiger partial charge in [-0.3, -0.25) is 4.79 Å². The van der Waals surface area contributed by atoms with Crippen LogP contribution in [0.15, 0.2) is 17.0 Å². The average molecular weight is 339 g/mol. The van der Waals surface area contributed by atoms with Crippen molar-refractivity contribution in [3.63, 3.8) is 0 Å². The van der Waals surface area contributed by atoms with Crippen molar-refractivity contribution in [3.8, 4) is 5.75 Å². The Morgan fingerprint density at radius 1 is 1.00 bits per heavy atom. The second-order valence-electron chi connectivity index (χ2n) is 8.07. The van der Waals surface area contributed by atoms with Crippen LogP contribution in [0.2, 0.25) is 0 Å². The van der Waals surface area contributed by atoms with Crippen LogP contribution in [0, 0.1) is 0 Å². The van der Waals surface area contributed by atoms with Crippen molar-refractivity contribution in [3.05, 3.63) is 23.3 Å². The Morgan fingerprint density at radius 2 is 1.48 bits per heavy atom. The summed E-state index contributed by atoms with van der Waals surface area (Å²) in [6, 6.07) is 4.15. The number of hydrogen-bond donors (Lipinski definition) is 2. The molecule has 0 amide bonds. The Balaban J connectivity index is 2.98. The predicted octanol–water partition coefficient (Wildman–Crippen LogP) is 5.33. The molecule has 0 fully saturated rings. The third-order valence-corrected chi connectivity index (χ3v) is 4.82. The van der Waals surface area contributed by atoms with Crippen LogP contribution in [0.25, 0.3) is 0 Å². The molecule has 0 bridgehead atoms. The molecule has 0 aliphatic heterocycles. The molecule has 0 aromatic heterocycles. The van der Waals surface area contributed by atoms with Gasteiger partial charge in [-0.05, 0) is 41.6 Å². The molecule has 0 atom stereocenters. The molecular formula is C19H30O3S. The number of carboxylic acids is 1. The zero-order valence-electron chi connectivity index (χ0n) is 15.2. The zero-order chi connectivity index (χ0) is 17.8. The molecule has 0 spiro atoms. The topological polar surface area (TPSA) is 57.5 Å². The summed E-state index contributed by atoms with van der Waals surface area (Å²) in [5.74, 6) is 0.565. The van der Waals surface area contributed by atoms with Crippen molar-refractivity contribution in [1.82, 2.24) is 0 Å². The van der Waals surface area contributed by atoms with Gasteiger partial charge in [0, 0.05) is 22.4 Å². The minimum absolute atomic E-state index is 0.121. The first-order chi connectivity index (χ1) is 10.4. The van der Waals surface area contributed by atoms with E-state index in [2.05, 4.69) is 53.7 Å². The molecular weight excluding hydrogens is 308 g/mol. The fourth-order valence-electron chi connectivity index (χ4n) is 2.40. The molecule has 23 heavy (non-hydrogen) atoms. The smallest absolute Gasteiger partial charge is 0.303 e. The van der Waals surface area contributed by atoms with Crippen LogP contribution in [0.1, 0.15) is 71.9 Å². The van der Waals surface area contributed by atoms with E-state index in [1.807, 2.05) is 0 Å². The lowest BCUT2D eigenvalue weighted by Gasteiger charge is -2.28. The van der Waals surface area contributed by atoms with Crippen LogP contribution in [-0.4, -0.2) is 21.9 Å². The van der Waals surface area contributed by atoms with E-state index in [1.165, 1.54) is 0 Å². The summed E-state index contributed by atoms with van der Waals surface area (Å²) in [4.78, 5) is 11.7. The second-order valence-corrected chi connectivity index (χ2v) is 9.23. The zero-order valence-corrected chi connectivity index (χ0v) is 16.0. The van der Waals surface area contributed by atoms with Crippen molar-refractivity contribution in [2.75, 3.05) is 5.75 Å². The van der Waals surface area contributed by atoms with Crippen molar-refractivity contribution in [1.29, 1.82) is 0 Å². The number of aromatic hydroxyl groups is 1. The van der Waals surface area contributed by atoms with E-state index >= 15 is 0 Å². The lowest BCUT2D eigenvalue weighted by Crippen LogP contribution is -2.17. The number of rotatable bonds is 6. The molecule has 4 heteroatoms. The van der Waals surface area contributed by atoms with E-state index in [9.17, 15) is 9.90 Å². The summed E-state index contributed by atoms with van der Waals surface area (Å²) in [7, 11) is 0. The second kappa shape index (κ2) is 7.61. The molecule has 1 aromatic rings. The molecule has 0 saturated carbocycles. The van der Waals surface area contributed by atoms with Gasteiger partial charge in [0.05, 0.1) is 0 Å². The van der Waals surface area contributed by atoms with Crippen LogP contribution < -0.4 is 0 Å². The Kier molecular flexibility index (Phi) is 6.58. The number of carboxylic acid groups (broad SMARTS) is 1. The number of aliphatic carboxylic acids is 1. The number of phenols is 1. The largest absolute Gasteiger partial charge is 0.507 e. The van der Waals surface area contributed by atoms with E-state index in [0.29, 0.717) is 12.2 Å². The maximum absolute atomic E-state index is 10.7. The minimum Gasteiger partial charge on any atom is -0.507 e. The highest BCUT2D eigenvalue weighted by atomic mass is 32.2. The van der Waals surface area contributed by atoms with Gasteiger partial charge in [-0.25, -0.2) is 0 Å². The third-order valence-electron chi connectivity index (χ3n) is 3.75. The van der Waals surface area contributed by atoms with E-state index in [0.717, 1.165) is 28.2 Å².